The number of nitrogens with one attached hydrogen (secondary N) is 1. The highest BCUT2D eigenvalue weighted by Crippen LogP contribution is 2.27. The maximum atomic E-state index is 12.6. The van der Waals surface area contributed by atoms with Crippen molar-refractivity contribution in [2.45, 2.75) is 46.2 Å². The number of carbonyl (C=O) groups is 1. The van der Waals surface area contributed by atoms with Crippen molar-refractivity contribution in [2.75, 3.05) is 25.0 Å². The fourth-order valence-corrected chi connectivity index (χ4v) is 3.53. The first kappa shape index (κ1) is 23.7. The molecule has 0 spiro atoms. The van der Waals surface area contributed by atoms with Crippen LogP contribution in [0.25, 0.3) is 6.08 Å². The van der Waals surface area contributed by atoms with Gasteiger partial charge in [-0.25, -0.2) is 4.79 Å². The van der Waals surface area contributed by atoms with Crippen LogP contribution in [0.2, 0.25) is 0 Å². The highest BCUT2D eigenvalue weighted by atomic mass is 19.4. The number of piperidine rings is 1. The number of anilines is 1. The Bertz CT molecular complexity index is 969. The van der Waals surface area contributed by atoms with Crippen LogP contribution < -0.4 is 10.1 Å². The number of carbonyl (C=O) groups excluding carboxylic acids is 1. The molecular formula is C23H28F3N3O3. The molecule has 0 bridgehead atoms. The van der Waals surface area contributed by atoms with E-state index in [1.807, 2.05) is 25.1 Å². The van der Waals surface area contributed by atoms with Gasteiger partial charge in [0.15, 0.2) is 5.82 Å². The number of amides is 2. The fourth-order valence-electron chi connectivity index (χ4n) is 3.53. The maximum absolute atomic E-state index is 12.6. The normalized spacial score (nSPS) is 18.1. The summed E-state index contributed by atoms with van der Waals surface area (Å²) in [6, 6.07) is 7.10. The summed E-state index contributed by atoms with van der Waals surface area (Å²) in [6.45, 7) is 6.86. The Hall–Kier alpha value is -2.97. The summed E-state index contributed by atoms with van der Waals surface area (Å²) >= 11 is 0. The number of ether oxygens (including phenoxy) is 1. The minimum atomic E-state index is -4.16. The van der Waals surface area contributed by atoms with E-state index in [2.05, 4.69) is 23.5 Å². The molecule has 1 aromatic carbocycles. The number of hydrogen-bond donors (Lipinski definition) is 1. The molecule has 0 aliphatic carbocycles. The summed E-state index contributed by atoms with van der Waals surface area (Å²) < 4.78 is 47.3. The number of nitrogens with zero attached hydrogens (tertiary/aromatic N) is 2. The number of likely N-dealkylation sites (tertiary alicyclic amines) is 1. The molecular weight excluding hydrogens is 423 g/mol. The topological polar surface area (TPSA) is 67.6 Å². The Balaban J connectivity index is 1.55. The van der Waals surface area contributed by atoms with Gasteiger partial charge in [-0.15, -0.1) is 0 Å². The molecule has 6 nitrogen and oxygen atoms in total. The van der Waals surface area contributed by atoms with E-state index in [9.17, 15) is 18.0 Å². The smallest absolute Gasteiger partial charge is 0.389 e. The van der Waals surface area contributed by atoms with E-state index < -0.39 is 12.6 Å². The molecule has 2 heterocycles. The summed E-state index contributed by atoms with van der Waals surface area (Å²) in [7, 11) is 0. The number of halogens is 3. The Kier molecular flexibility index (Phi) is 7.48. The molecule has 1 unspecified atom stereocenters. The second-order valence-electron chi connectivity index (χ2n) is 8.10. The molecule has 1 aliphatic rings. The Labute approximate surface area is 185 Å². The van der Waals surface area contributed by atoms with Crippen LogP contribution in [-0.4, -0.2) is 42.0 Å². The van der Waals surface area contributed by atoms with E-state index in [0.717, 1.165) is 17.5 Å². The molecule has 2 amide bonds. The summed E-state index contributed by atoms with van der Waals surface area (Å²) in [5.41, 5.74) is 2.94. The van der Waals surface area contributed by atoms with Gasteiger partial charge in [0.2, 0.25) is 0 Å². The molecule has 0 radical (unpaired) electrons. The number of urea groups is 1. The molecule has 1 saturated heterocycles. The molecule has 9 heteroatoms. The van der Waals surface area contributed by atoms with Crippen LogP contribution in [0.4, 0.5) is 23.8 Å². The quantitative estimate of drug-likeness (QED) is 0.550. The third-order valence-electron chi connectivity index (χ3n) is 5.55. The molecule has 1 aromatic heterocycles. The van der Waals surface area contributed by atoms with Crippen LogP contribution >= 0.6 is 0 Å². The van der Waals surface area contributed by atoms with Gasteiger partial charge in [-0.1, -0.05) is 35.9 Å². The van der Waals surface area contributed by atoms with Gasteiger partial charge >= 0.3 is 12.2 Å². The predicted molar refractivity (Wildman–Crippen MR) is 116 cm³/mol. The number of hydrogen-bond acceptors (Lipinski definition) is 4. The molecule has 32 heavy (non-hydrogen) atoms. The zero-order valence-electron chi connectivity index (χ0n) is 18.5. The first-order valence-corrected chi connectivity index (χ1v) is 10.6. The van der Waals surface area contributed by atoms with Crippen LogP contribution in [0.3, 0.4) is 0 Å². The Morgan fingerprint density at radius 1 is 1.38 bits per heavy atom. The lowest BCUT2D eigenvalue weighted by molar-refractivity contribution is -0.136. The molecule has 3 rings (SSSR count). The maximum Gasteiger partial charge on any atom is 0.389 e. The molecule has 0 saturated carbocycles. The standard InChI is InChI=1S/C23H28F3N3O3/c1-15-14-29(22(30)27-21-16(2)17(3)32-28-21)10-8-19(15)12-18-6-4-7-20(13-18)31-11-5-9-23(24,25)26/h4,6-7,12-13,15H,5,8-11,14H2,1-3H3,(H,27,28,30). The number of alkyl halides is 3. The zero-order chi connectivity index (χ0) is 23.3. The second-order valence-corrected chi connectivity index (χ2v) is 8.10. The van der Waals surface area contributed by atoms with Crippen LogP contribution in [0.1, 0.15) is 43.1 Å². The van der Waals surface area contributed by atoms with Crippen molar-refractivity contribution in [3.63, 3.8) is 0 Å². The lowest BCUT2D eigenvalue weighted by Gasteiger charge is -2.33. The van der Waals surface area contributed by atoms with E-state index in [4.69, 9.17) is 9.26 Å². The molecule has 1 aliphatic heterocycles. The average Bonchev–Trinajstić information content (AvgIpc) is 3.04. The highest BCUT2D eigenvalue weighted by molar-refractivity contribution is 5.89. The fraction of sp³-hybridized carbons (Fsp3) is 0.478. The number of aryl methyl sites for hydroxylation is 1. The Morgan fingerprint density at radius 2 is 2.16 bits per heavy atom. The van der Waals surface area contributed by atoms with Gasteiger partial charge in [0.25, 0.3) is 0 Å². The number of benzene rings is 1. The predicted octanol–water partition coefficient (Wildman–Crippen LogP) is 5.97. The van der Waals surface area contributed by atoms with Crippen LogP contribution in [0, 0.1) is 19.8 Å². The molecule has 174 valence electrons. The summed E-state index contributed by atoms with van der Waals surface area (Å²) in [6.07, 6.45) is -2.30. The molecule has 1 N–H and O–H groups in total. The lowest BCUT2D eigenvalue weighted by atomic mass is 9.91. The molecule has 1 atom stereocenters. The van der Waals surface area contributed by atoms with Crippen molar-refractivity contribution in [3.8, 4) is 5.75 Å². The Morgan fingerprint density at radius 3 is 2.81 bits per heavy atom. The first-order valence-electron chi connectivity index (χ1n) is 10.6. The van der Waals surface area contributed by atoms with E-state index >= 15 is 0 Å². The minimum Gasteiger partial charge on any atom is -0.494 e. The van der Waals surface area contributed by atoms with Gasteiger partial charge in [-0.05, 0) is 50.3 Å². The lowest BCUT2D eigenvalue weighted by Crippen LogP contribution is -2.42. The largest absolute Gasteiger partial charge is 0.494 e. The summed E-state index contributed by atoms with van der Waals surface area (Å²) in [5, 5.41) is 6.68. The van der Waals surface area contributed by atoms with Gasteiger partial charge in [0.05, 0.1) is 6.61 Å². The van der Waals surface area contributed by atoms with Crippen molar-refractivity contribution < 1.29 is 27.2 Å². The van der Waals surface area contributed by atoms with Gasteiger partial charge in [0.1, 0.15) is 11.5 Å². The average molecular weight is 451 g/mol. The zero-order valence-corrected chi connectivity index (χ0v) is 18.5. The van der Waals surface area contributed by atoms with Gasteiger partial charge in [-0.2, -0.15) is 13.2 Å². The van der Waals surface area contributed by atoms with Crippen molar-refractivity contribution >= 4 is 17.9 Å². The van der Waals surface area contributed by atoms with Crippen molar-refractivity contribution in [1.29, 1.82) is 0 Å². The third-order valence-corrected chi connectivity index (χ3v) is 5.55. The van der Waals surface area contributed by atoms with Gasteiger partial charge in [-0.3, -0.25) is 5.32 Å². The highest BCUT2D eigenvalue weighted by Gasteiger charge is 2.26. The molecule has 1 fully saturated rings. The van der Waals surface area contributed by atoms with Crippen LogP contribution in [-0.2, 0) is 0 Å². The SMILES string of the molecule is Cc1onc(NC(=O)N2CCC(=Cc3cccc(OCCCC(F)(F)F)c3)C(C)C2)c1C. The van der Waals surface area contributed by atoms with E-state index in [1.165, 1.54) is 5.57 Å². The van der Waals surface area contributed by atoms with E-state index in [-0.39, 0.29) is 25.0 Å². The second kappa shape index (κ2) is 10.1. The summed E-state index contributed by atoms with van der Waals surface area (Å²) in [4.78, 5) is 14.4. The van der Waals surface area contributed by atoms with E-state index in [1.54, 1.807) is 17.9 Å². The van der Waals surface area contributed by atoms with Gasteiger partial charge < -0.3 is 14.2 Å². The van der Waals surface area contributed by atoms with E-state index in [0.29, 0.717) is 30.4 Å². The molecule has 2 aromatic rings. The van der Waals surface area contributed by atoms with Gasteiger partial charge in [0, 0.05) is 25.1 Å². The number of rotatable bonds is 6. The van der Waals surface area contributed by atoms with Crippen molar-refractivity contribution in [2.24, 2.45) is 5.92 Å². The van der Waals surface area contributed by atoms with Crippen molar-refractivity contribution in [3.05, 3.63) is 46.7 Å². The van der Waals surface area contributed by atoms with Crippen molar-refractivity contribution in [1.82, 2.24) is 10.1 Å². The van der Waals surface area contributed by atoms with Crippen LogP contribution in [0.5, 0.6) is 5.75 Å². The monoisotopic (exact) mass is 451 g/mol. The summed E-state index contributed by atoms with van der Waals surface area (Å²) in [5.74, 6) is 1.81. The number of aromatic nitrogens is 1. The third kappa shape index (κ3) is 6.51. The first-order chi connectivity index (χ1) is 15.1. The van der Waals surface area contributed by atoms with Crippen LogP contribution in [0.15, 0.2) is 34.4 Å². The minimum absolute atomic E-state index is 0.0184.